The van der Waals surface area contributed by atoms with Crippen LogP contribution in [-0.2, 0) is 11.3 Å². The minimum Gasteiger partial charge on any atom is -0.489 e. The number of benzene rings is 2. The van der Waals surface area contributed by atoms with Crippen molar-refractivity contribution in [2.75, 3.05) is 0 Å². The Balaban J connectivity index is 1.78. The zero-order valence-electron chi connectivity index (χ0n) is 14.5. The molecule has 1 N–H and O–H groups in total. The van der Waals surface area contributed by atoms with Crippen LogP contribution in [0.5, 0.6) is 5.75 Å². The molecule has 0 spiro atoms. The number of ether oxygens (including phenoxy) is 1. The molecule has 0 aromatic heterocycles. The van der Waals surface area contributed by atoms with E-state index in [1.807, 2.05) is 44.2 Å². The summed E-state index contributed by atoms with van der Waals surface area (Å²) in [4.78, 5) is 25.9. The quantitative estimate of drug-likeness (QED) is 0.633. The maximum absolute atomic E-state index is 12.5. The highest BCUT2D eigenvalue weighted by Gasteiger charge is 2.33. The summed E-state index contributed by atoms with van der Waals surface area (Å²) in [6, 6.07) is 14.2. The first-order chi connectivity index (χ1) is 12.4. The van der Waals surface area contributed by atoms with E-state index in [2.05, 4.69) is 5.32 Å². The van der Waals surface area contributed by atoms with Gasteiger partial charge in [-0.15, -0.1) is 0 Å². The number of carbonyl (C=O) groups excluding carboxylic acids is 2. The second-order valence-corrected chi connectivity index (χ2v) is 6.63. The molecule has 0 unspecified atom stereocenters. The van der Waals surface area contributed by atoms with Crippen LogP contribution in [0.1, 0.15) is 25.0 Å². The standard InChI is InChI=1S/C20H19ClN2O3/c1-13(2)26-18-9-8-15(10-16(18)21)11-17-19(24)23(20(25)22-17)12-14-6-4-3-5-7-14/h3-11,13H,12H2,1-2H3,(H,22,25)/b17-11+. The Bertz CT molecular complexity index is 863. The first kappa shape index (κ1) is 18.0. The van der Waals surface area contributed by atoms with E-state index >= 15 is 0 Å². The molecule has 3 amide bonds. The first-order valence-corrected chi connectivity index (χ1v) is 8.66. The molecule has 0 saturated carbocycles. The summed E-state index contributed by atoms with van der Waals surface area (Å²) in [5.41, 5.74) is 1.81. The number of imide groups is 1. The van der Waals surface area contributed by atoms with Crippen LogP contribution in [0.25, 0.3) is 6.08 Å². The molecule has 0 atom stereocenters. The summed E-state index contributed by atoms with van der Waals surface area (Å²) in [7, 11) is 0. The molecule has 1 aliphatic heterocycles. The summed E-state index contributed by atoms with van der Waals surface area (Å²) >= 11 is 6.22. The van der Waals surface area contributed by atoms with E-state index in [0.717, 1.165) is 5.56 Å². The van der Waals surface area contributed by atoms with Crippen LogP contribution >= 0.6 is 11.6 Å². The van der Waals surface area contributed by atoms with Gasteiger partial charge in [-0.2, -0.15) is 0 Å². The number of urea groups is 1. The first-order valence-electron chi connectivity index (χ1n) is 8.28. The molecule has 1 heterocycles. The number of hydrogen-bond acceptors (Lipinski definition) is 3. The zero-order chi connectivity index (χ0) is 18.7. The Labute approximate surface area is 157 Å². The van der Waals surface area contributed by atoms with Gasteiger partial charge in [-0.05, 0) is 43.2 Å². The Morgan fingerprint density at radius 2 is 1.88 bits per heavy atom. The molecule has 0 bridgehead atoms. The Morgan fingerprint density at radius 3 is 2.54 bits per heavy atom. The third-order valence-electron chi connectivity index (χ3n) is 3.78. The molecule has 0 radical (unpaired) electrons. The summed E-state index contributed by atoms with van der Waals surface area (Å²) < 4.78 is 5.59. The minimum atomic E-state index is -0.434. The third-order valence-corrected chi connectivity index (χ3v) is 4.07. The lowest BCUT2D eigenvalue weighted by Gasteiger charge is -2.12. The molecule has 3 rings (SSSR count). The number of rotatable bonds is 5. The highest BCUT2D eigenvalue weighted by Crippen LogP contribution is 2.27. The van der Waals surface area contributed by atoms with Gasteiger partial charge in [0, 0.05) is 0 Å². The maximum Gasteiger partial charge on any atom is 0.329 e. The van der Waals surface area contributed by atoms with Crippen LogP contribution in [0, 0.1) is 0 Å². The van der Waals surface area contributed by atoms with E-state index in [9.17, 15) is 9.59 Å². The number of carbonyl (C=O) groups is 2. The van der Waals surface area contributed by atoms with E-state index in [1.165, 1.54) is 4.90 Å². The molecule has 1 fully saturated rings. The van der Waals surface area contributed by atoms with Gasteiger partial charge in [-0.1, -0.05) is 48.0 Å². The van der Waals surface area contributed by atoms with E-state index in [-0.39, 0.29) is 24.3 Å². The van der Waals surface area contributed by atoms with Crippen LogP contribution in [0.2, 0.25) is 5.02 Å². The number of halogens is 1. The van der Waals surface area contributed by atoms with Crippen molar-refractivity contribution in [2.24, 2.45) is 0 Å². The minimum absolute atomic E-state index is 0.0129. The van der Waals surface area contributed by atoms with E-state index < -0.39 is 6.03 Å². The van der Waals surface area contributed by atoms with Crippen LogP contribution < -0.4 is 10.1 Å². The van der Waals surface area contributed by atoms with Crippen molar-refractivity contribution in [3.8, 4) is 5.75 Å². The largest absolute Gasteiger partial charge is 0.489 e. The highest BCUT2D eigenvalue weighted by molar-refractivity contribution is 6.32. The molecule has 1 aliphatic rings. The van der Waals surface area contributed by atoms with Gasteiger partial charge in [0.1, 0.15) is 11.4 Å². The summed E-state index contributed by atoms with van der Waals surface area (Å²) in [6.45, 7) is 4.06. The number of amides is 3. The molecule has 0 aliphatic carbocycles. The SMILES string of the molecule is CC(C)Oc1ccc(/C=C2/NC(=O)N(Cc3ccccc3)C2=O)cc1Cl. The van der Waals surface area contributed by atoms with Crippen molar-refractivity contribution < 1.29 is 14.3 Å². The van der Waals surface area contributed by atoms with Crippen LogP contribution in [0.4, 0.5) is 4.79 Å². The average Bonchev–Trinajstić information content (AvgIpc) is 2.85. The normalized spacial score (nSPS) is 15.7. The van der Waals surface area contributed by atoms with Crippen molar-refractivity contribution in [1.29, 1.82) is 0 Å². The molecule has 134 valence electrons. The molecule has 2 aromatic carbocycles. The van der Waals surface area contributed by atoms with Crippen LogP contribution in [-0.4, -0.2) is 22.9 Å². The molecule has 1 saturated heterocycles. The lowest BCUT2D eigenvalue weighted by molar-refractivity contribution is -0.123. The lowest BCUT2D eigenvalue weighted by atomic mass is 10.1. The van der Waals surface area contributed by atoms with Gasteiger partial charge in [-0.3, -0.25) is 9.69 Å². The predicted octanol–water partition coefficient (Wildman–Crippen LogP) is 4.22. The van der Waals surface area contributed by atoms with Gasteiger partial charge in [0.15, 0.2) is 0 Å². The number of hydrogen-bond donors (Lipinski definition) is 1. The van der Waals surface area contributed by atoms with Crippen molar-refractivity contribution in [3.63, 3.8) is 0 Å². The van der Waals surface area contributed by atoms with Gasteiger partial charge < -0.3 is 10.1 Å². The van der Waals surface area contributed by atoms with Gasteiger partial charge >= 0.3 is 6.03 Å². The molecule has 26 heavy (non-hydrogen) atoms. The van der Waals surface area contributed by atoms with Crippen molar-refractivity contribution in [1.82, 2.24) is 10.2 Å². The number of nitrogens with one attached hydrogen (secondary N) is 1. The lowest BCUT2D eigenvalue weighted by Crippen LogP contribution is -2.30. The fourth-order valence-corrected chi connectivity index (χ4v) is 2.84. The monoisotopic (exact) mass is 370 g/mol. The Kier molecular flexibility index (Phi) is 5.28. The fourth-order valence-electron chi connectivity index (χ4n) is 2.60. The second-order valence-electron chi connectivity index (χ2n) is 6.22. The van der Waals surface area contributed by atoms with E-state index in [1.54, 1.807) is 24.3 Å². The maximum atomic E-state index is 12.5. The predicted molar refractivity (Wildman–Crippen MR) is 101 cm³/mol. The van der Waals surface area contributed by atoms with Crippen LogP contribution in [0.15, 0.2) is 54.2 Å². The molecule has 2 aromatic rings. The van der Waals surface area contributed by atoms with Gasteiger partial charge in [0.2, 0.25) is 0 Å². The number of nitrogens with zero attached hydrogens (tertiary/aromatic N) is 1. The van der Waals surface area contributed by atoms with Crippen molar-refractivity contribution in [2.45, 2.75) is 26.5 Å². The summed E-state index contributed by atoms with van der Waals surface area (Å²) in [6.07, 6.45) is 1.62. The highest BCUT2D eigenvalue weighted by atomic mass is 35.5. The van der Waals surface area contributed by atoms with Gasteiger partial charge in [0.25, 0.3) is 5.91 Å². The molecular formula is C20H19ClN2O3. The smallest absolute Gasteiger partial charge is 0.329 e. The fraction of sp³-hybridized carbons (Fsp3) is 0.200. The second kappa shape index (κ2) is 7.62. The summed E-state index contributed by atoms with van der Waals surface area (Å²) in [5, 5.41) is 3.06. The van der Waals surface area contributed by atoms with E-state index in [4.69, 9.17) is 16.3 Å². The van der Waals surface area contributed by atoms with E-state index in [0.29, 0.717) is 16.3 Å². The average molecular weight is 371 g/mol. The van der Waals surface area contributed by atoms with Crippen molar-refractivity contribution >= 4 is 29.6 Å². The van der Waals surface area contributed by atoms with Gasteiger partial charge in [-0.25, -0.2) is 4.79 Å². The van der Waals surface area contributed by atoms with Crippen LogP contribution in [0.3, 0.4) is 0 Å². The summed E-state index contributed by atoms with van der Waals surface area (Å²) in [5.74, 6) is 0.216. The molecular weight excluding hydrogens is 352 g/mol. The van der Waals surface area contributed by atoms with Crippen molar-refractivity contribution in [3.05, 3.63) is 70.4 Å². The topological polar surface area (TPSA) is 58.6 Å². The van der Waals surface area contributed by atoms with Gasteiger partial charge in [0.05, 0.1) is 17.7 Å². The molecule has 5 nitrogen and oxygen atoms in total. The Hall–Kier alpha value is -2.79. The Morgan fingerprint density at radius 1 is 1.15 bits per heavy atom. The third kappa shape index (κ3) is 4.06. The zero-order valence-corrected chi connectivity index (χ0v) is 15.3. The molecule has 6 heteroatoms.